The van der Waals surface area contributed by atoms with E-state index in [9.17, 15) is 5.11 Å². The third kappa shape index (κ3) is 3.55. The summed E-state index contributed by atoms with van der Waals surface area (Å²) >= 11 is 0. The molecule has 1 aromatic heterocycles. The number of aromatic nitrogens is 1. The Bertz CT molecular complexity index is 523. The standard InChI is InChI=1S/C16H20N2O/c1-3-17-15(16-12(2)5-4-10-18-16)11-13-6-8-14(19)9-7-13/h4-10,15,17,19H,3,11H2,1-2H3. The molecule has 0 bridgehead atoms. The molecule has 0 aliphatic carbocycles. The number of phenols is 1. The highest BCUT2D eigenvalue weighted by molar-refractivity contribution is 5.29. The molecule has 0 spiro atoms. The highest BCUT2D eigenvalue weighted by atomic mass is 16.3. The summed E-state index contributed by atoms with van der Waals surface area (Å²) in [6.45, 7) is 5.09. The third-order valence-corrected chi connectivity index (χ3v) is 3.21. The molecule has 3 nitrogen and oxygen atoms in total. The molecule has 1 heterocycles. The van der Waals surface area contributed by atoms with Crippen LogP contribution < -0.4 is 5.32 Å². The van der Waals surface area contributed by atoms with E-state index in [4.69, 9.17) is 0 Å². The Labute approximate surface area is 114 Å². The molecular formula is C16H20N2O. The molecule has 100 valence electrons. The van der Waals surface area contributed by atoms with E-state index in [0.29, 0.717) is 5.75 Å². The lowest BCUT2D eigenvalue weighted by molar-refractivity contribution is 0.474. The summed E-state index contributed by atoms with van der Waals surface area (Å²) in [6.07, 6.45) is 2.70. The lowest BCUT2D eigenvalue weighted by atomic mass is 10.00. The largest absolute Gasteiger partial charge is 0.508 e. The molecule has 1 unspecified atom stereocenters. The zero-order valence-corrected chi connectivity index (χ0v) is 11.4. The number of phenolic OH excluding ortho intramolecular Hbond substituents is 1. The van der Waals surface area contributed by atoms with Gasteiger partial charge in [0.15, 0.2) is 0 Å². The molecule has 0 saturated heterocycles. The van der Waals surface area contributed by atoms with E-state index in [1.807, 2.05) is 24.4 Å². The van der Waals surface area contributed by atoms with Crippen molar-refractivity contribution in [2.24, 2.45) is 0 Å². The van der Waals surface area contributed by atoms with Crippen LogP contribution in [-0.2, 0) is 6.42 Å². The minimum atomic E-state index is 0.204. The highest BCUT2D eigenvalue weighted by Gasteiger charge is 2.14. The van der Waals surface area contributed by atoms with E-state index in [2.05, 4.69) is 30.2 Å². The molecule has 1 aromatic carbocycles. The van der Waals surface area contributed by atoms with Crippen molar-refractivity contribution in [1.29, 1.82) is 0 Å². The van der Waals surface area contributed by atoms with E-state index in [0.717, 1.165) is 18.7 Å². The summed E-state index contributed by atoms with van der Waals surface area (Å²) in [5, 5.41) is 12.8. The number of aryl methyl sites for hydroxylation is 1. The van der Waals surface area contributed by atoms with Crippen LogP contribution >= 0.6 is 0 Å². The average Bonchev–Trinajstić information content (AvgIpc) is 2.41. The minimum absolute atomic E-state index is 0.204. The maximum absolute atomic E-state index is 9.33. The fraction of sp³-hybridized carbons (Fsp3) is 0.312. The van der Waals surface area contributed by atoms with Crippen LogP contribution in [-0.4, -0.2) is 16.6 Å². The number of nitrogens with one attached hydrogen (secondary N) is 1. The Morgan fingerprint density at radius 3 is 2.58 bits per heavy atom. The number of nitrogens with zero attached hydrogens (tertiary/aromatic N) is 1. The first-order chi connectivity index (χ1) is 9.20. The van der Waals surface area contributed by atoms with Crippen LogP contribution in [0.25, 0.3) is 0 Å². The van der Waals surface area contributed by atoms with E-state index < -0.39 is 0 Å². The maximum Gasteiger partial charge on any atom is 0.115 e. The molecule has 0 radical (unpaired) electrons. The highest BCUT2D eigenvalue weighted by Crippen LogP contribution is 2.20. The van der Waals surface area contributed by atoms with Gasteiger partial charge in [0.05, 0.1) is 11.7 Å². The molecule has 0 amide bonds. The van der Waals surface area contributed by atoms with Gasteiger partial charge in [-0.2, -0.15) is 0 Å². The van der Waals surface area contributed by atoms with E-state index in [-0.39, 0.29) is 6.04 Å². The van der Waals surface area contributed by atoms with E-state index >= 15 is 0 Å². The second-order valence-corrected chi connectivity index (χ2v) is 4.69. The third-order valence-electron chi connectivity index (χ3n) is 3.21. The van der Waals surface area contributed by atoms with Crippen LogP contribution in [0.3, 0.4) is 0 Å². The summed E-state index contributed by atoms with van der Waals surface area (Å²) in [7, 11) is 0. The molecule has 0 fully saturated rings. The second kappa shape index (κ2) is 6.34. The van der Waals surface area contributed by atoms with Crippen molar-refractivity contribution in [3.63, 3.8) is 0 Å². The molecule has 2 N–H and O–H groups in total. The van der Waals surface area contributed by atoms with Gasteiger partial charge in [0.1, 0.15) is 5.75 Å². The normalized spacial score (nSPS) is 12.3. The molecule has 19 heavy (non-hydrogen) atoms. The van der Waals surface area contributed by atoms with Crippen molar-refractivity contribution < 1.29 is 5.11 Å². The van der Waals surface area contributed by atoms with Gasteiger partial charge in [-0.25, -0.2) is 0 Å². The molecule has 0 aliphatic rings. The van der Waals surface area contributed by atoms with Crippen LogP contribution in [0.5, 0.6) is 5.75 Å². The van der Waals surface area contributed by atoms with Crippen LogP contribution in [0.15, 0.2) is 42.6 Å². The van der Waals surface area contributed by atoms with Crippen molar-refractivity contribution in [1.82, 2.24) is 10.3 Å². The monoisotopic (exact) mass is 256 g/mol. The Hall–Kier alpha value is -1.87. The fourth-order valence-corrected chi connectivity index (χ4v) is 2.24. The Balaban J connectivity index is 2.21. The first-order valence-electron chi connectivity index (χ1n) is 6.63. The van der Waals surface area contributed by atoms with Crippen LogP contribution in [0, 0.1) is 6.92 Å². The number of rotatable bonds is 5. The van der Waals surface area contributed by atoms with Gasteiger partial charge in [0, 0.05) is 6.20 Å². The lowest BCUT2D eigenvalue weighted by Crippen LogP contribution is -2.24. The summed E-state index contributed by atoms with van der Waals surface area (Å²) in [4.78, 5) is 4.50. The first-order valence-corrected chi connectivity index (χ1v) is 6.63. The van der Waals surface area contributed by atoms with Gasteiger partial charge >= 0.3 is 0 Å². The zero-order chi connectivity index (χ0) is 13.7. The van der Waals surface area contributed by atoms with Crippen molar-refractivity contribution in [2.45, 2.75) is 26.3 Å². The molecule has 0 aliphatic heterocycles. The Kier molecular flexibility index (Phi) is 4.53. The summed E-state index contributed by atoms with van der Waals surface area (Å²) in [5.41, 5.74) is 3.48. The van der Waals surface area contributed by atoms with E-state index in [1.54, 1.807) is 12.1 Å². The Morgan fingerprint density at radius 2 is 1.95 bits per heavy atom. The number of pyridine rings is 1. The van der Waals surface area contributed by atoms with Crippen LogP contribution in [0.4, 0.5) is 0 Å². The number of likely N-dealkylation sites (N-methyl/N-ethyl adjacent to an activating group) is 1. The maximum atomic E-state index is 9.33. The number of hydrogen-bond donors (Lipinski definition) is 2. The number of benzene rings is 1. The van der Waals surface area contributed by atoms with Gasteiger partial charge in [-0.05, 0) is 49.2 Å². The molecular weight excluding hydrogens is 236 g/mol. The summed E-state index contributed by atoms with van der Waals surface area (Å²) in [6, 6.07) is 11.6. The predicted molar refractivity (Wildman–Crippen MR) is 77.2 cm³/mol. The minimum Gasteiger partial charge on any atom is -0.508 e. The average molecular weight is 256 g/mol. The van der Waals surface area contributed by atoms with Crippen LogP contribution in [0.2, 0.25) is 0 Å². The molecule has 2 aromatic rings. The zero-order valence-electron chi connectivity index (χ0n) is 11.4. The van der Waals surface area contributed by atoms with Gasteiger partial charge in [0.25, 0.3) is 0 Å². The number of hydrogen-bond acceptors (Lipinski definition) is 3. The molecule has 1 atom stereocenters. The quantitative estimate of drug-likeness (QED) is 0.864. The SMILES string of the molecule is CCNC(Cc1ccc(O)cc1)c1ncccc1C. The van der Waals surface area contributed by atoms with Gasteiger partial charge in [0.2, 0.25) is 0 Å². The van der Waals surface area contributed by atoms with Gasteiger partial charge in [-0.3, -0.25) is 4.98 Å². The van der Waals surface area contributed by atoms with Gasteiger partial charge in [-0.1, -0.05) is 25.1 Å². The molecule has 2 rings (SSSR count). The topological polar surface area (TPSA) is 45.1 Å². The van der Waals surface area contributed by atoms with Gasteiger partial charge in [-0.15, -0.1) is 0 Å². The van der Waals surface area contributed by atoms with Crippen molar-refractivity contribution in [2.75, 3.05) is 6.54 Å². The second-order valence-electron chi connectivity index (χ2n) is 4.69. The summed E-state index contributed by atoms with van der Waals surface area (Å²) < 4.78 is 0. The van der Waals surface area contributed by atoms with Crippen molar-refractivity contribution >= 4 is 0 Å². The number of aromatic hydroxyl groups is 1. The van der Waals surface area contributed by atoms with Crippen molar-refractivity contribution in [3.05, 3.63) is 59.4 Å². The molecule has 3 heteroatoms. The predicted octanol–water partition coefficient (Wildman–Crippen LogP) is 2.99. The first kappa shape index (κ1) is 13.6. The van der Waals surface area contributed by atoms with E-state index in [1.165, 1.54) is 11.1 Å². The van der Waals surface area contributed by atoms with Crippen molar-refractivity contribution in [3.8, 4) is 5.75 Å². The lowest BCUT2D eigenvalue weighted by Gasteiger charge is -2.19. The summed E-state index contributed by atoms with van der Waals surface area (Å²) in [5.74, 6) is 0.303. The fourth-order valence-electron chi connectivity index (χ4n) is 2.24. The van der Waals surface area contributed by atoms with Crippen LogP contribution in [0.1, 0.15) is 29.8 Å². The Morgan fingerprint density at radius 1 is 1.21 bits per heavy atom. The van der Waals surface area contributed by atoms with Gasteiger partial charge < -0.3 is 10.4 Å². The molecule has 0 saturated carbocycles. The smallest absolute Gasteiger partial charge is 0.115 e.